The van der Waals surface area contributed by atoms with Crippen molar-refractivity contribution in [1.82, 2.24) is 15.5 Å². The molecule has 1 spiro atoms. The predicted molar refractivity (Wildman–Crippen MR) is 75.4 cm³/mol. The van der Waals surface area contributed by atoms with Crippen molar-refractivity contribution in [3.63, 3.8) is 0 Å². The number of hydrogen-bond acceptors (Lipinski definition) is 3. The Morgan fingerprint density at radius 2 is 2.00 bits per heavy atom. The van der Waals surface area contributed by atoms with Crippen molar-refractivity contribution in [2.45, 2.75) is 24.8 Å². The number of carbonyl (C=O) groups excluding carboxylic acids is 3. The van der Waals surface area contributed by atoms with Crippen molar-refractivity contribution in [2.75, 3.05) is 13.1 Å². The lowest BCUT2D eigenvalue weighted by Gasteiger charge is -2.38. The number of likely N-dealkylation sites (tertiary alicyclic amines) is 1. The number of rotatable bonds is 2. The van der Waals surface area contributed by atoms with Crippen LogP contribution in [0.1, 0.15) is 18.4 Å². The van der Waals surface area contributed by atoms with Gasteiger partial charge in [-0.25, -0.2) is 4.79 Å². The summed E-state index contributed by atoms with van der Waals surface area (Å²) in [5.74, 6) is -0.348. The molecule has 1 aromatic rings. The van der Waals surface area contributed by atoms with Crippen LogP contribution in [0.5, 0.6) is 0 Å². The van der Waals surface area contributed by atoms with Gasteiger partial charge in [-0.05, 0) is 18.4 Å². The SMILES string of the molecule is O=C1NC(=O)C2(CCCN(C(=O)Cc3ccccc3)C2)N1. The molecular weight excluding hydrogens is 270 g/mol. The molecule has 2 fully saturated rings. The molecule has 0 saturated carbocycles. The first-order valence-electron chi connectivity index (χ1n) is 7.04. The summed E-state index contributed by atoms with van der Waals surface area (Å²) in [6, 6.07) is 9.03. The van der Waals surface area contributed by atoms with Gasteiger partial charge in [-0.3, -0.25) is 14.9 Å². The molecule has 110 valence electrons. The standard InChI is InChI=1S/C15H17N3O3/c19-12(9-11-5-2-1-3-6-11)18-8-4-7-15(10-18)13(20)16-14(21)17-15/h1-3,5-6H,4,7-10H2,(H2,16,17,20,21). The Labute approximate surface area is 122 Å². The Balaban J connectivity index is 1.70. The van der Waals surface area contributed by atoms with Crippen LogP contribution in [0.15, 0.2) is 30.3 Å². The summed E-state index contributed by atoms with van der Waals surface area (Å²) >= 11 is 0. The molecule has 0 aliphatic carbocycles. The number of imide groups is 1. The van der Waals surface area contributed by atoms with E-state index in [-0.39, 0.29) is 18.4 Å². The van der Waals surface area contributed by atoms with E-state index in [1.807, 2.05) is 30.3 Å². The van der Waals surface area contributed by atoms with E-state index >= 15 is 0 Å². The number of benzene rings is 1. The molecule has 2 aliphatic heterocycles. The molecule has 1 atom stereocenters. The van der Waals surface area contributed by atoms with Crippen LogP contribution >= 0.6 is 0 Å². The van der Waals surface area contributed by atoms with Gasteiger partial charge in [0, 0.05) is 6.54 Å². The summed E-state index contributed by atoms with van der Waals surface area (Å²) in [5.41, 5.74) is 0.00355. The van der Waals surface area contributed by atoms with Gasteiger partial charge < -0.3 is 10.2 Å². The zero-order valence-electron chi connectivity index (χ0n) is 11.6. The maximum Gasteiger partial charge on any atom is 0.322 e. The van der Waals surface area contributed by atoms with E-state index in [0.29, 0.717) is 25.8 Å². The van der Waals surface area contributed by atoms with Crippen LogP contribution in [-0.2, 0) is 16.0 Å². The molecule has 1 aromatic carbocycles. The fraction of sp³-hybridized carbons (Fsp3) is 0.400. The lowest BCUT2D eigenvalue weighted by atomic mass is 9.89. The van der Waals surface area contributed by atoms with Crippen LogP contribution in [0.4, 0.5) is 4.79 Å². The minimum absolute atomic E-state index is 0.0192. The summed E-state index contributed by atoms with van der Waals surface area (Å²) in [6.07, 6.45) is 1.58. The molecule has 6 heteroatoms. The van der Waals surface area contributed by atoms with Crippen molar-refractivity contribution < 1.29 is 14.4 Å². The average Bonchev–Trinajstić information content (AvgIpc) is 2.74. The van der Waals surface area contributed by atoms with E-state index in [1.54, 1.807) is 4.90 Å². The summed E-state index contributed by atoms with van der Waals surface area (Å²) in [7, 11) is 0. The molecule has 0 radical (unpaired) electrons. The van der Waals surface area contributed by atoms with Crippen molar-refractivity contribution in [3.8, 4) is 0 Å². The van der Waals surface area contributed by atoms with Gasteiger partial charge in [0.25, 0.3) is 5.91 Å². The number of piperidine rings is 1. The van der Waals surface area contributed by atoms with Crippen LogP contribution in [0.3, 0.4) is 0 Å². The van der Waals surface area contributed by atoms with Gasteiger partial charge in [-0.15, -0.1) is 0 Å². The molecule has 6 nitrogen and oxygen atoms in total. The Kier molecular flexibility index (Phi) is 3.37. The highest BCUT2D eigenvalue weighted by Crippen LogP contribution is 2.24. The third kappa shape index (κ3) is 2.61. The maximum atomic E-state index is 12.4. The second-order valence-electron chi connectivity index (χ2n) is 5.57. The lowest BCUT2D eigenvalue weighted by Crippen LogP contribution is -2.59. The van der Waals surface area contributed by atoms with Gasteiger partial charge in [0.05, 0.1) is 13.0 Å². The third-order valence-electron chi connectivity index (χ3n) is 4.06. The fourth-order valence-corrected chi connectivity index (χ4v) is 2.97. The third-order valence-corrected chi connectivity index (χ3v) is 4.06. The zero-order valence-corrected chi connectivity index (χ0v) is 11.6. The fourth-order valence-electron chi connectivity index (χ4n) is 2.97. The quantitative estimate of drug-likeness (QED) is 0.774. The molecule has 2 aliphatic rings. The van der Waals surface area contributed by atoms with E-state index in [4.69, 9.17) is 0 Å². The smallest absolute Gasteiger partial charge is 0.322 e. The van der Waals surface area contributed by atoms with Gasteiger partial charge >= 0.3 is 6.03 Å². The molecular formula is C15H17N3O3. The summed E-state index contributed by atoms with van der Waals surface area (Å²) in [4.78, 5) is 37.3. The number of amides is 4. The van der Waals surface area contributed by atoms with E-state index in [9.17, 15) is 14.4 Å². The lowest BCUT2D eigenvalue weighted by molar-refractivity contribution is -0.135. The number of nitrogens with zero attached hydrogens (tertiary/aromatic N) is 1. The van der Waals surface area contributed by atoms with Crippen molar-refractivity contribution >= 4 is 17.8 Å². The second-order valence-corrected chi connectivity index (χ2v) is 5.57. The monoisotopic (exact) mass is 287 g/mol. The minimum atomic E-state index is -0.943. The molecule has 3 rings (SSSR count). The van der Waals surface area contributed by atoms with Crippen LogP contribution in [-0.4, -0.2) is 41.4 Å². The van der Waals surface area contributed by atoms with Crippen molar-refractivity contribution in [2.24, 2.45) is 0 Å². The Hall–Kier alpha value is -2.37. The van der Waals surface area contributed by atoms with Gasteiger partial charge in [-0.2, -0.15) is 0 Å². The summed E-state index contributed by atoms with van der Waals surface area (Å²) in [5, 5.41) is 4.93. The van der Waals surface area contributed by atoms with E-state index in [0.717, 1.165) is 5.56 Å². The van der Waals surface area contributed by atoms with Crippen LogP contribution in [0.2, 0.25) is 0 Å². The van der Waals surface area contributed by atoms with Crippen molar-refractivity contribution in [1.29, 1.82) is 0 Å². The van der Waals surface area contributed by atoms with Gasteiger partial charge in [0.1, 0.15) is 5.54 Å². The Morgan fingerprint density at radius 3 is 2.67 bits per heavy atom. The van der Waals surface area contributed by atoms with Gasteiger partial charge in [0.15, 0.2) is 0 Å². The molecule has 0 bridgehead atoms. The first kappa shape index (κ1) is 13.6. The zero-order chi connectivity index (χ0) is 14.9. The minimum Gasteiger partial charge on any atom is -0.340 e. The Bertz CT molecular complexity index is 587. The van der Waals surface area contributed by atoms with Gasteiger partial charge in [0.2, 0.25) is 5.91 Å². The molecule has 21 heavy (non-hydrogen) atoms. The average molecular weight is 287 g/mol. The van der Waals surface area contributed by atoms with E-state index in [2.05, 4.69) is 10.6 Å². The number of nitrogens with one attached hydrogen (secondary N) is 2. The van der Waals surface area contributed by atoms with Gasteiger partial charge in [-0.1, -0.05) is 30.3 Å². The summed E-state index contributed by atoms with van der Waals surface area (Å²) in [6.45, 7) is 0.868. The predicted octanol–water partition coefficient (Wildman–Crippen LogP) is 0.430. The first-order valence-corrected chi connectivity index (χ1v) is 7.04. The number of hydrogen-bond donors (Lipinski definition) is 2. The second kappa shape index (κ2) is 5.20. The normalized spacial score (nSPS) is 24.9. The maximum absolute atomic E-state index is 12.4. The highest BCUT2D eigenvalue weighted by atomic mass is 16.2. The number of carbonyl (C=O) groups is 3. The largest absolute Gasteiger partial charge is 0.340 e. The van der Waals surface area contributed by atoms with Crippen LogP contribution in [0, 0.1) is 0 Å². The van der Waals surface area contributed by atoms with E-state index in [1.165, 1.54) is 0 Å². The Morgan fingerprint density at radius 1 is 1.24 bits per heavy atom. The molecule has 2 N–H and O–H groups in total. The topological polar surface area (TPSA) is 78.5 Å². The van der Waals surface area contributed by atoms with Crippen LogP contribution in [0.25, 0.3) is 0 Å². The molecule has 2 saturated heterocycles. The molecule has 1 unspecified atom stereocenters. The summed E-state index contributed by atoms with van der Waals surface area (Å²) < 4.78 is 0. The highest BCUT2D eigenvalue weighted by Gasteiger charge is 2.49. The molecule has 4 amide bonds. The first-order chi connectivity index (χ1) is 10.1. The van der Waals surface area contributed by atoms with Crippen molar-refractivity contribution in [3.05, 3.63) is 35.9 Å². The molecule has 2 heterocycles. The number of urea groups is 1. The molecule has 0 aromatic heterocycles. The van der Waals surface area contributed by atoms with E-state index < -0.39 is 11.6 Å². The highest BCUT2D eigenvalue weighted by molar-refractivity contribution is 6.07. The van der Waals surface area contributed by atoms with Crippen LogP contribution < -0.4 is 10.6 Å².